The molecule has 0 saturated carbocycles. The highest BCUT2D eigenvalue weighted by atomic mass is 16.2. The Bertz CT molecular complexity index is 982. The van der Waals surface area contributed by atoms with Crippen molar-refractivity contribution >= 4 is 23.3 Å². The number of amides is 3. The van der Waals surface area contributed by atoms with Gasteiger partial charge < -0.3 is 10.2 Å². The average molecular weight is 406 g/mol. The zero-order chi connectivity index (χ0) is 20.7. The van der Waals surface area contributed by atoms with Crippen LogP contribution in [0.25, 0.3) is 5.57 Å². The van der Waals surface area contributed by atoms with Crippen molar-refractivity contribution in [2.24, 2.45) is 7.05 Å². The molecule has 2 aromatic rings. The first-order valence-corrected chi connectivity index (χ1v) is 10.8. The molecule has 3 atom stereocenters. The molecule has 4 heterocycles. The fraction of sp³-hybridized carbons (Fsp3) is 0.435. The molecule has 1 N–H and O–H groups in total. The summed E-state index contributed by atoms with van der Waals surface area (Å²) in [5.41, 5.74) is 2.56. The monoisotopic (exact) mass is 405 g/mol. The molecule has 156 valence electrons. The van der Waals surface area contributed by atoms with Gasteiger partial charge in [-0.05, 0) is 43.2 Å². The predicted molar refractivity (Wildman–Crippen MR) is 115 cm³/mol. The second-order valence-corrected chi connectivity index (χ2v) is 8.45. The normalized spacial score (nSPS) is 26.0. The molecule has 2 saturated heterocycles. The molecule has 7 nitrogen and oxygen atoms in total. The van der Waals surface area contributed by atoms with E-state index in [0.717, 1.165) is 25.7 Å². The van der Waals surface area contributed by atoms with Crippen LogP contribution in [0.15, 0.2) is 48.7 Å². The highest BCUT2D eigenvalue weighted by Gasteiger charge is 2.41. The van der Waals surface area contributed by atoms with E-state index in [2.05, 4.69) is 40.8 Å². The number of nitrogens with one attached hydrogen (secondary N) is 1. The first-order chi connectivity index (χ1) is 14.6. The third kappa shape index (κ3) is 3.38. The smallest absolute Gasteiger partial charge is 0.318 e. The number of carbonyl (C=O) groups excluding carboxylic acids is 2. The van der Waals surface area contributed by atoms with Crippen LogP contribution in [0.4, 0.5) is 10.6 Å². The number of nitrogens with zero attached hydrogens (tertiary/aromatic N) is 4. The molecule has 3 amide bonds. The van der Waals surface area contributed by atoms with Crippen LogP contribution in [-0.4, -0.2) is 51.3 Å². The van der Waals surface area contributed by atoms with Crippen LogP contribution in [0.3, 0.4) is 0 Å². The largest absolute Gasteiger partial charge is 0.326 e. The van der Waals surface area contributed by atoms with Gasteiger partial charge in [0.15, 0.2) is 5.82 Å². The number of hydrogen-bond acceptors (Lipinski definition) is 3. The number of fused-ring (bicyclic) bond motifs is 2. The van der Waals surface area contributed by atoms with Crippen LogP contribution < -0.4 is 10.2 Å². The summed E-state index contributed by atoms with van der Waals surface area (Å²) in [5.74, 6) is 0.577. The Morgan fingerprint density at radius 1 is 1.13 bits per heavy atom. The molecular weight excluding hydrogens is 378 g/mol. The van der Waals surface area contributed by atoms with Crippen LogP contribution in [0.1, 0.15) is 37.7 Å². The maximum absolute atomic E-state index is 13.2. The van der Waals surface area contributed by atoms with Gasteiger partial charge in [0.2, 0.25) is 0 Å². The number of piperidine rings is 1. The zero-order valence-corrected chi connectivity index (χ0v) is 17.2. The summed E-state index contributed by atoms with van der Waals surface area (Å²) >= 11 is 0. The number of aryl methyl sites for hydroxylation is 1. The highest BCUT2D eigenvalue weighted by molar-refractivity contribution is 5.99. The fourth-order valence-corrected chi connectivity index (χ4v) is 5.02. The van der Waals surface area contributed by atoms with Gasteiger partial charge in [0, 0.05) is 31.9 Å². The number of aromatic nitrogens is 2. The molecule has 30 heavy (non-hydrogen) atoms. The van der Waals surface area contributed by atoms with Crippen molar-refractivity contribution in [3.05, 3.63) is 54.2 Å². The van der Waals surface area contributed by atoms with Gasteiger partial charge in [-0.25, -0.2) is 4.79 Å². The van der Waals surface area contributed by atoms with E-state index in [1.54, 1.807) is 9.58 Å². The highest BCUT2D eigenvalue weighted by Crippen LogP contribution is 2.38. The molecular formula is C23H27N5O2. The lowest BCUT2D eigenvalue weighted by molar-refractivity contribution is -0.121. The maximum Gasteiger partial charge on any atom is 0.318 e. The molecule has 3 unspecified atom stereocenters. The predicted octanol–water partition coefficient (Wildman–Crippen LogP) is 2.95. The van der Waals surface area contributed by atoms with Gasteiger partial charge in [0.25, 0.3) is 5.91 Å². The molecule has 5 rings (SSSR count). The molecule has 1 aromatic heterocycles. The van der Waals surface area contributed by atoms with E-state index < -0.39 is 6.04 Å². The third-order valence-corrected chi connectivity index (χ3v) is 6.49. The first-order valence-electron chi connectivity index (χ1n) is 10.8. The molecule has 0 radical (unpaired) electrons. The Morgan fingerprint density at radius 2 is 1.97 bits per heavy atom. The van der Waals surface area contributed by atoms with E-state index in [4.69, 9.17) is 0 Å². The molecule has 2 fully saturated rings. The van der Waals surface area contributed by atoms with Crippen LogP contribution in [0.5, 0.6) is 0 Å². The van der Waals surface area contributed by atoms with Crippen molar-refractivity contribution in [1.82, 2.24) is 20.0 Å². The minimum atomic E-state index is -0.493. The molecule has 3 aliphatic heterocycles. The number of carbonyl (C=O) groups is 2. The number of rotatable bonds is 3. The number of benzene rings is 1. The summed E-state index contributed by atoms with van der Waals surface area (Å²) in [5, 5.41) is 7.38. The minimum absolute atomic E-state index is 0.0711. The quantitative estimate of drug-likeness (QED) is 0.854. The maximum atomic E-state index is 13.2. The van der Waals surface area contributed by atoms with Gasteiger partial charge in [-0.2, -0.15) is 5.10 Å². The van der Waals surface area contributed by atoms with Gasteiger partial charge in [-0.1, -0.05) is 36.4 Å². The van der Waals surface area contributed by atoms with Gasteiger partial charge >= 0.3 is 6.03 Å². The molecule has 7 heteroatoms. The Kier molecular flexibility index (Phi) is 4.81. The van der Waals surface area contributed by atoms with Gasteiger partial charge in [0.1, 0.15) is 6.04 Å². The third-order valence-electron chi connectivity index (χ3n) is 6.49. The zero-order valence-electron chi connectivity index (χ0n) is 17.2. The molecule has 2 bridgehead atoms. The summed E-state index contributed by atoms with van der Waals surface area (Å²) in [4.78, 5) is 29.8. The van der Waals surface area contributed by atoms with E-state index >= 15 is 0 Å². The standard InChI is InChI=1S/C23H27N5O2/c1-26-13-11-21(25-26)27-12-5-8-20(22(27)29)24-23(30)28-18-9-10-19(28)15-17(14-18)16-6-3-2-4-7-16/h2-4,6-7,11,13-14,18-20H,5,8-10,12,15H2,1H3,(H,24,30). The number of anilines is 1. The average Bonchev–Trinajstić information content (AvgIpc) is 3.30. The first kappa shape index (κ1) is 18.9. The summed E-state index contributed by atoms with van der Waals surface area (Å²) in [6.45, 7) is 0.639. The van der Waals surface area contributed by atoms with Gasteiger partial charge in [0.05, 0.1) is 6.04 Å². The van der Waals surface area contributed by atoms with Crippen molar-refractivity contribution < 1.29 is 9.59 Å². The van der Waals surface area contributed by atoms with E-state index in [9.17, 15) is 9.59 Å². The van der Waals surface area contributed by atoms with Crippen LogP contribution in [0.2, 0.25) is 0 Å². The Morgan fingerprint density at radius 3 is 2.70 bits per heavy atom. The lowest BCUT2D eigenvalue weighted by Crippen LogP contribution is -2.57. The summed E-state index contributed by atoms with van der Waals surface area (Å²) in [7, 11) is 1.83. The van der Waals surface area contributed by atoms with Gasteiger partial charge in [-0.3, -0.25) is 14.4 Å². The second kappa shape index (κ2) is 7.63. The lowest BCUT2D eigenvalue weighted by atomic mass is 9.95. The molecule has 0 spiro atoms. The van der Waals surface area contributed by atoms with Crippen LogP contribution in [-0.2, 0) is 11.8 Å². The van der Waals surface area contributed by atoms with Crippen LogP contribution >= 0.6 is 0 Å². The van der Waals surface area contributed by atoms with E-state index in [1.807, 2.05) is 30.3 Å². The lowest BCUT2D eigenvalue weighted by Gasteiger charge is -2.37. The molecule has 3 aliphatic rings. The Labute approximate surface area is 176 Å². The van der Waals surface area contributed by atoms with E-state index in [0.29, 0.717) is 18.8 Å². The second-order valence-electron chi connectivity index (χ2n) is 8.45. The van der Waals surface area contributed by atoms with Crippen LogP contribution in [0, 0.1) is 0 Å². The Hall–Kier alpha value is -3.09. The molecule has 0 aliphatic carbocycles. The van der Waals surface area contributed by atoms with Crippen molar-refractivity contribution in [1.29, 1.82) is 0 Å². The summed E-state index contributed by atoms with van der Waals surface area (Å²) < 4.78 is 1.69. The fourth-order valence-electron chi connectivity index (χ4n) is 5.02. The van der Waals surface area contributed by atoms with Gasteiger partial charge in [-0.15, -0.1) is 0 Å². The molecule has 1 aromatic carbocycles. The Balaban J connectivity index is 1.29. The minimum Gasteiger partial charge on any atom is -0.326 e. The topological polar surface area (TPSA) is 70.5 Å². The van der Waals surface area contributed by atoms with Crippen molar-refractivity contribution in [3.63, 3.8) is 0 Å². The number of hydrogen-bond donors (Lipinski definition) is 1. The van der Waals surface area contributed by atoms with Crippen molar-refractivity contribution in [3.8, 4) is 0 Å². The van der Waals surface area contributed by atoms with Crippen molar-refractivity contribution in [2.75, 3.05) is 11.4 Å². The summed E-state index contributed by atoms with van der Waals surface area (Å²) in [6, 6.07) is 11.9. The van der Waals surface area contributed by atoms with E-state index in [1.165, 1.54) is 11.1 Å². The van der Waals surface area contributed by atoms with E-state index in [-0.39, 0.29) is 24.0 Å². The summed E-state index contributed by atoms with van der Waals surface area (Å²) in [6.07, 6.45) is 8.43. The van der Waals surface area contributed by atoms with Crippen molar-refractivity contribution in [2.45, 2.75) is 50.2 Å². The number of urea groups is 1. The SMILES string of the molecule is Cn1ccc(N2CCCC(NC(=O)N3C4C=C(c5ccccc5)CC3CC4)C2=O)n1.